The van der Waals surface area contributed by atoms with E-state index in [0.29, 0.717) is 40.5 Å². The SMILES string of the molecule is CCOc1cc(/C=C2/SC(=S)N(C)C2=O)ccc1OCCOc1ccc(C)cc1. The van der Waals surface area contributed by atoms with Gasteiger partial charge >= 0.3 is 0 Å². The van der Waals surface area contributed by atoms with Crippen molar-refractivity contribution in [1.29, 1.82) is 0 Å². The van der Waals surface area contributed by atoms with Crippen molar-refractivity contribution in [1.82, 2.24) is 4.90 Å². The number of hydrogen-bond donors (Lipinski definition) is 0. The van der Waals surface area contributed by atoms with Crippen LogP contribution in [0.25, 0.3) is 6.08 Å². The van der Waals surface area contributed by atoms with Gasteiger partial charge in [0.1, 0.15) is 23.3 Å². The monoisotopic (exact) mass is 429 g/mol. The molecule has 0 spiro atoms. The molecule has 1 saturated heterocycles. The van der Waals surface area contributed by atoms with Gasteiger partial charge < -0.3 is 14.2 Å². The first-order valence-electron chi connectivity index (χ1n) is 9.28. The molecule has 0 N–H and O–H groups in total. The fourth-order valence-corrected chi connectivity index (χ4v) is 3.82. The Balaban J connectivity index is 1.64. The summed E-state index contributed by atoms with van der Waals surface area (Å²) in [5, 5.41) is 0. The summed E-state index contributed by atoms with van der Waals surface area (Å²) in [5.41, 5.74) is 2.04. The number of thiocarbonyl (C=S) groups is 1. The van der Waals surface area contributed by atoms with Gasteiger partial charge in [-0.3, -0.25) is 9.69 Å². The highest BCUT2D eigenvalue weighted by Crippen LogP contribution is 2.34. The molecule has 152 valence electrons. The van der Waals surface area contributed by atoms with Crippen molar-refractivity contribution in [3.8, 4) is 17.2 Å². The van der Waals surface area contributed by atoms with Crippen LogP contribution in [0.4, 0.5) is 0 Å². The molecule has 0 radical (unpaired) electrons. The van der Waals surface area contributed by atoms with Gasteiger partial charge in [0, 0.05) is 7.05 Å². The molecule has 0 atom stereocenters. The summed E-state index contributed by atoms with van der Waals surface area (Å²) in [7, 11) is 1.68. The molecule has 0 saturated carbocycles. The van der Waals surface area contributed by atoms with E-state index in [2.05, 4.69) is 0 Å². The number of rotatable bonds is 8. The van der Waals surface area contributed by atoms with Crippen LogP contribution in [-0.4, -0.2) is 42.0 Å². The van der Waals surface area contributed by atoms with E-state index < -0.39 is 0 Å². The Hall–Kier alpha value is -2.51. The normalized spacial score (nSPS) is 15.1. The molecular formula is C22H23NO4S2. The first-order chi connectivity index (χ1) is 14.0. The molecular weight excluding hydrogens is 406 g/mol. The summed E-state index contributed by atoms with van der Waals surface area (Å²) < 4.78 is 17.8. The van der Waals surface area contributed by atoms with Gasteiger partial charge in [0.05, 0.1) is 11.5 Å². The second kappa shape index (κ2) is 9.80. The van der Waals surface area contributed by atoms with Crippen LogP contribution < -0.4 is 14.2 Å². The average molecular weight is 430 g/mol. The van der Waals surface area contributed by atoms with E-state index in [1.165, 1.54) is 22.2 Å². The standard InChI is InChI=1S/C22H23NO4S2/c1-4-25-19-13-16(14-20-21(24)23(3)22(28)29-20)7-10-18(19)27-12-11-26-17-8-5-15(2)6-9-17/h5-10,13-14H,4,11-12H2,1-3H3/b20-14+. The van der Waals surface area contributed by atoms with E-state index >= 15 is 0 Å². The molecule has 1 aliphatic heterocycles. The van der Waals surface area contributed by atoms with Crippen LogP contribution in [0.3, 0.4) is 0 Å². The molecule has 1 fully saturated rings. The summed E-state index contributed by atoms with van der Waals surface area (Å²) in [6.45, 7) is 5.28. The number of benzene rings is 2. The number of nitrogens with zero attached hydrogens (tertiary/aromatic N) is 1. The van der Waals surface area contributed by atoms with Gasteiger partial charge in [-0.15, -0.1) is 0 Å². The summed E-state index contributed by atoms with van der Waals surface area (Å²) in [6, 6.07) is 13.5. The molecule has 2 aromatic carbocycles. The molecule has 0 bridgehead atoms. The molecule has 0 aromatic heterocycles. The van der Waals surface area contributed by atoms with Crippen LogP contribution >= 0.6 is 24.0 Å². The number of hydrogen-bond acceptors (Lipinski definition) is 6. The zero-order valence-electron chi connectivity index (χ0n) is 16.6. The Morgan fingerprint density at radius 3 is 2.41 bits per heavy atom. The van der Waals surface area contributed by atoms with Gasteiger partial charge in [-0.25, -0.2) is 0 Å². The maximum Gasteiger partial charge on any atom is 0.265 e. The maximum atomic E-state index is 12.2. The van der Waals surface area contributed by atoms with Crippen molar-refractivity contribution in [2.45, 2.75) is 13.8 Å². The van der Waals surface area contributed by atoms with Gasteiger partial charge in [0.15, 0.2) is 11.5 Å². The molecule has 29 heavy (non-hydrogen) atoms. The zero-order chi connectivity index (χ0) is 20.8. The lowest BCUT2D eigenvalue weighted by Crippen LogP contribution is -2.22. The van der Waals surface area contributed by atoms with Crippen molar-refractivity contribution in [3.63, 3.8) is 0 Å². The lowest BCUT2D eigenvalue weighted by Gasteiger charge is -2.13. The highest BCUT2D eigenvalue weighted by atomic mass is 32.2. The number of carbonyl (C=O) groups is 1. The molecule has 1 heterocycles. The molecule has 1 aliphatic rings. The van der Waals surface area contributed by atoms with Crippen LogP contribution in [0, 0.1) is 6.92 Å². The topological polar surface area (TPSA) is 48.0 Å². The fraction of sp³-hybridized carbons (Fsp3) is 0.273. The first-order valence-corrected chi connectivity index (χ1v) is 10.5. The number of carbonyl (C=O) groups excluding carboxylic acids is 1. The van der Waals surface area contributed by atoms with E-state index in [0.717, 1.165) is 11.3 Å². The molecule has 5 nitrogen and oxygen atoms in total. The minimum atomic E-state index is -0.0912. The van der Waals surface area contributed by atoms with E-state index in [4.69, 9.17) is 26.4 Å². The summed E-state index contributed by atoms with van der Waals surface area (Å²) in [5.74, 6) is 1.99. The average Bonchev–Trinajstić information content (AvgIpc) is 2.95. The van der Waals surface area contributed by atoms with Gasteiger partial charge in [-0.1, -0.05) is 47.7 Å². The maximum absolute atomic E-state index is 12.2. The third-order valence-corrected chi connectivity index (χ3v) is 5.67. The van der Waals surface area contributed by atoms with Crippen molar-refractivity contribution >= 4 is 40.3 Å². The van der Waals surface area contributed by atoms with E-state index in [9.17, 15) is 4.79 Å². The number of likely N-dealkylation sites (N-methyl/N-ethyl adjacent to an activating group) is 1. The quantitative estimate of drug-likeness (QED) is 0.345. The van der Waals surface area contributed by atoms with Crippen LogP contribution in [-0.2, 0) is 4.79 Å². The molecule has 3 rings (SSSR count). The predicted molar refractivity (Wildman–Crippen MR) is 121 cm³/mol. The summed E-state index contributed by atoms with van der Waals surface area (Å²) in [4.78, 5) is 14.3. The minimum Gasteiger partial charge on any atom is -0.490 e. The second-order valence-electron chi connectivity index (χ2n) is 6.39. The van der Waals surface area contributed by atoms with Gasteiger partial charge in [0.25, 0.3) is 5.91 Å². The van der Waals surface area contributed by atoms with Crippen LogP contribution in [0.1, 0.15) is 18.1 Å². The molecule has 1 amide bonds. The number of aryl methyl sites for hydroxylation is 1. The van der Waals surface area contributed by atoms with E-state index in [-0.39, 0.29) is 5.91 Å². The van der Waals surface area contributed by atoms with Crippen LogP contribution in [0.15, 0.2) is 47.4 Å². The predicted octanol–water partition coefficient (Wildman–Crippen LogP) is 4.68. The minimum absolute atomic E-state index is 0.0912. The molecule has 7 heteroatoms. The number of thioether (sulfide) groups is 1. The first kappa shape index (κ1) is 21.2. The smallest absolute Gasteiger partial charge is 0.265 e. The third kappa shape index (κ3) is 5.52. The van der Waals surface area contributed by atoms with E-state index in [1.807, 2.05) is 62.4 Å². The van der Waals surface area contributed by atoms with Crippen molar-refractivity contribution < 1.29 is 19.0 Å². The Kier molecular flexibility index (Phi) is 7.17. The Labute approximate surface area is 180 Å². The van der Waals surface area contributed by atoms with Gasteiger partial charge in [0.2, 0.25) is 0 Å². The van der Waals surface area contributed by atoms with Crippen molar-refractivity contribution in [2.75, 3.05) is 26.9 Å². The van der Waals surface area contributed by atoms with Crippen molar-refractivity contribution in [3.05, 3.63) is 58.5 Å². The van der Waals surface area contributed by atoms with Gasteiger partial charge in [-0.05, 0) is 49.8 Å². The van der Waals surface area contributed by atoms with E-state index in [1.54, 1.807) is 7.05 Å². The Bertz CT molecular complexity index is 925. The number of ether oxygens (including phenoxy) is 3. The molecule has 2 aromatic rings. The van der Waals surface area contributed by atoms with Gasteiger partial charge in [-0.2, -0.15) is 0 Å². The highest BCUT2D eigenvalue weighted by molar-refractivity contribution is 8.26. The second-order valence-corrected chi connectivity index (χ2v) is 8.07. The summed E-state index contributed by atoms with van der Waals surface area (Å²) >= 11 is 6.47. The third-order valence-electron chi connectivity index (χ3n) is 4.18. The van der Waals surface area contributed by atoms with Crippen molar-refractivity contribution in [2.24, 2.45) is 0 Å². The summed E-state index contributed by atoms with van der Waals surface area (Å²) in [6.07, 6.45) is 1.82. The zero-order valence-corrected chi connectivity index (χ0v) is 18.3. The lowest BCUT2D eigenvalue weighted by atomic mass is 10.2. The fourth-order valence-electron chi connectivity index (χ4n) is 2.64. The lowest BCUT2D eigenvalue weighted by molar-refractivity contribution is -0.121. The molecule has 0 aliphatic carbocycles. The van der Waals surface area contributed by atoms with Crippen LogP contribution in [0.2, 0.25) is 0 Å². The Morgan fingerprint density at radius 1 is 1.03 bits per heavy atom. The molecule has 0 unspecified atom stereocenters. The van der Waals surface area contributed by atoms with Crippen LogP contribution in [0.5, 0.6) is 17.2 Å². The number of amides is 1. The highest BCUT2D eigenvalue weighted by Gasteiger charge is 2.28. The Morgan fingerprint density at radius 2 is 1.76 bits per heavy atom. The largest absolute Gasteiger partial charge is 0.490 e.